The predicted octanol–water partition coefficient (Wildman–Crippen LogP) is -0.505. The van der Waals surface area contributed by atoms with E-state index in [1.54, 1.807) is 0 Å². The molecule has 0 spiro atoms. The van der Waals surface area contributed by atoms with Gasteiger partial charge in [-0.05, 0) is 0 Å². The summed E-state index contributed by atoms with van der Waals surface area (Å²) >= 11 is 0. The van der Waals surface area contributed by atoms with E-state index in [-0.39, 0.29) is 88.3 Å². The predicted molar refractivity (Wildman–Crippen MR) is 6.44 cm³/mol. The molecule has 0 fully saturated rings. The third-order valence-electron chi connectivity index (χ3n) is 0. The van der Waals surface area contributed by atoms with Gasteiger partial charge < -0.3 is 5.48 Å². The van der Waals surface area contributed by atoms with Crippen molar-refractivity contribution in [3.05, 3.63) is 0 Å². The fourth-order valence-corrected chi connectivity index (χ4v) is 0. The van der Waals surface area contributed by atoms with Gasteiger partial charge in [-0.25, -0.2) is 0 Å². The molecule has 8 valence electrons. The molecule has 0 N–H and O–H groups in total. The van der Waals surface area contributed by atoms with Gasteiger partial charge in [0.1, 0.15) is 0 Å². The first kappa shape index (κ1) is 29.9. The summed E-state index contributed by atoms with van der Waals surface area (Å²) in [5.74, 6) is 0. The van der Waals surface area contributed by atoms with E-state index in [1.807, 2.05) is 0 Å². The average Bonchev–Trinajstić information content (AvgIpc) is 0. The zero-order valence-electron chi connectivity index (χ0n) is 2.14. The van der Waals surface area contributed by atoms with Crippen molar-refractivity contribution in [3.8, 4) is 0 Å². The van der Waals surface area contributed by atoms with Gasteiger partial charge in [0.25, 0.3) is 0 Å². The van der Waals surface area contributed by atoms with Crippen LogP contribution in [0.2, 0.25) is 0 Å². The molecule has 4 heavy (non-hydrogen) atoms. The maximum absolute atomic E-state index is 0. The Bertz CT molecular complexity index is 6.00. The Balaban J connectivity index is 0. The molecule has 0 radical (unpaired) electrons. The van der Waals surface area contributed by atoms with Crippen LogP contribution in [0.4, 0.5) is 0 Å². The van der Waals surface area contributed by atoms with Crippen molar-refractivity contribution in [2.75, 3.05) is 0 Å². The van der Waals surface area contributed by atoms with Crippen molar-refractivity contribution in [2.45, 2.75) is 0 Å². The van der Waals surface area contributed by atoms with Crippen molar-refractivity contribution < 1.29 is 70.9 Å². The molecule has 0 aliphatic carbocycles. The Labute approximate surface area is 86.5 Å². The Kier molecular flexibility index (Phi) is 129. The summed E-state index contributed by atoms with van der Waals surface area (Å²) < 4.78 is 0. The molecule has 0 aromatic carbocycles. The van der Waals surface area contributed by atoms with Gasteiger partial charge in [0, 0.05) is 0 Å². The molecule has 0 aromatic heterocycles. The van der Waals surface area contributed by atoms with E-state index in [1.165, 1.54) is 0 Å². The van der Waals surface area contributed by atoms with Crippen LogP contribution < -0.4 is 0 Å². The van der Waals surface area contributed by atoms with Crippen LogP contribution in [-0.4, -0.2) is 17.4 Å². The molecular weight excluding hydrogens is 221 g/mol. The quantitative estimate of drug-likeness (QED) is 0.493. The van der Waals surface area contributed by atoms with Crippen LogP contribution in [0, 0.1) is 0 Å². The van der Waals surface area contributed by atoms with Crippen molar-refractivity contribution in [2.24, 2.45) is 0 Å². The molecule has 0 aliphatic heterocycles. The average molecular weight is 221 g/mol. The van der Waals surface area contributed by atoms with Gasteiger partial charge in [-0.15, -0.1) is 0 Å². The van der Waals surface area contributed by atoms with Crippen LogP contribution in [0.1, 0.15) is 0 Å². The second-order valence-corrected chi connectivity index (χ2v) is 0. The molecule has 0 rings (SSSR count). The Morgan fingerprint density at radius 2 is 0.750 bits per heavy atom. The fraction of sp³-hybridized carbons (Fsp3) is 0. The normalized spacial score (nSPS) is 0. The molecule has 0 bridgehead atoms. The SMILES string of the molecule is [Al+3].[O-2].[Y+3].[Y+3]. The molecule has 4 heteroatoms. The Morgan fingerprint density at radius 3 is 0.750 bits per heavy atom. The van der Waals surface area contributed by atoms with Crippen LogP contribution in [0.5, 0.6) is 0 Å². The van der Waals surface area contributed by atoms with Crippen LogP contribution in [0.3, 0.4) is 0 Å². The summed E-state index contributed by atoms with van der Waals surface area (Å²) in [6.45, 7) is 0. The van der Waals surface area contributed by atoms with E-state index in [0.717, 1.165) is 0 Å². The number of hydrogen-bond donors (Lipinski definition) is 0. The Hall–Kier alpha value is 2.70. The minimum Gasteiger partial charge on any atom is -2.00 e. The van der Waals surface area contributed by atoms with Crippen LogP contribution in [0.25, 0.3) is 0 Å². The third kappa shape index (κ3) is 8.83. The van der Waals surface area contributed by atoms with Crippen molar-refractivity contribution in [3.63, 3.8) is 0 Å². The fourth-order valence-electron chi connectivity index (χ4n) is 0. The first-order valence-corrected chi connectivity index (χ1v) is 0. The topological polar surface area (TPSA) is 28.5 Å². The van der Waals surface area contributed by atoms with Gasteiger partial charge in [-0.2, -0.15) is 0 Å². The minimum atomic E-state index is 0. The smallest absolute Gasteiger partial charge is 2.00 e. The molecular formula is AlOY2+7. The Morgan fingerprint density at radius 1 is 0.750 bits per heavy atom. The first-order chi connectivity index (χ1) is 0. The van der Waals surface area contributed by atoms with Gasteiger partial charge >= 0.3 is 82.8 Å². The van der Waals surface area contributed by atoms with Gasteiger partial charge in [0.15, 0.2) is 0 Å². The second kappa shape index (κ2) is 17.3. The summed E-state index contributed by atoms with van der Waals surface area (Å²) in [4.78, 5) is 0. The second-order valence-electron chi connectivity index (χ2n) is 0. The van der Waals surface area contributed by atoms with Crippen molar-refractivity contribution >= 4 is 17.4 Å². The maximum Gasteiger partial charge on any atom is 3.00 e. The van der Waals surface area contributed by atoms with Gasteiger partial charge in [0.05, 0.1) is 0 Å². The third-order valence-corrected chi connectivity index (χ3v) is 0. The van der Waals surface area contributed by atoms with Crippen LogP contribution in [0.15, 0.2) is 0 Å². The summed E-state index contributed by atoms with van der Waals surface area (Å²) in [5.41, 5.74) is 0. The van der Waals surface area contributed by atoms with Crippen molar-refractivity contribution in [1.29, 1.82) is 0 Å². The van der Waals surface area contributed by atoms with E-state index in [0.29, 0.717) is 0 Å². The molecule has 0 atom stereocenters. The molecule has 0 aromatic rings. The van der Waals surface area contributed by atoms with E-state index in [2.05, 4.69) is 0 Å². The van der Waals surface area contributed by atoms with Gasteiger partial charge in [-0.3, -0.25) is 0 Å². The molecule has 1 nitrogen and oxygen atoms in total. The van der Waals surface area contributed by atoms with Crippen LogP contribution >= 0.6 is 0 Å². The van der Waals surface area contributed by atoms with Gasteiger partial charge in [0.2, 0.25) is 0 Å². The molecule has 0 saturated heterocycles. The minimum absolute atomic E-state index is 0. The van der Waals surface area contributed by atoms with E-state index >= 15 is 0 Å². The zero-order chi connectivity index (χ0) is 0. The van der Waals surface area contributed by atoms with E-state index in [4.69, 9.17) is 0 Å². The summed E-state index contributed by atoms with van der Waals surface area (Å²) in [5, 5.41) is 0. The van der Waals surface area contributed by atoms with E-state index < -0.39 is 0 Å². The molecule has 0 heterocycles. The van der Waals surface area contributed by atoms with Crippen LogP contribution in [-0.2, 0) is 70.9 Å². The number of hydrogen-bond acceptors (Lipinski definition) is 0. The summed E-state index contributed by atoms with van der Waals surface area (Å²) in [7, 11) is 0. The standard InChI is InChI=1S/Al.O.2Y/q+3;-2;2*+3. The van der Waals surface area contributed by atoms with Gasteiger partial charge in [-0.1, -0.05) is 0 Å². The monoisotopic (exact) mass is 221 g/mol. The van der Waals surface area contributed by atoms with Crippen molar-refractivity contribution in [1.82, 2.24) is 0 Å². The summed E-state index contributed by atoms with van der Waals surface area (Å²) in [6.07, 6.45) is 0. The molecule has 0 aliphatic rings. The maximum atomic E-state index is 0. The largest absolute Gasteiger partial charge is 3.00 e. The number of rotatable bonds is 0. The molecule has 0 unspecified atom stereocenters. The first-order valence-electron chi connectivity index (χ1n) is 0. The zero-order valence-corrected chi connectivity index (χ0v) is 8.97. The molecule has 0 amide bonds. The summed E-state index contributed by atoms with van der Waals surface area (Å²) in [6, 6.07) is 0. The van der Waals surface area contributed by atoms with E-state index in [9.17, 15) is 0 Å². The molecule has 0 saturated carbocycles.